The van der Waals surface area contributed by atoms with Gasteiger partial charge in [0.1, 0.15) is 11.8 Å². The zero-order valence-electron chi connectivity index (χ0n) is 18.3. The molecular formula is C24H29N5O3. The van der Waals surface area contributed by atoms with Crippen molar-refractivity contribution in [3.05, 3.63) is 60.0 Å². The van der Waals surface area contributed by atoms with E-state index in [1.807, 2.05) is 37.3 Å². The zero-order chi connectivity index (χ0) is 22.8. The number of aromatic amines is 1. The number of fused-ring (bicyclic) bond motifs is 1. The largest absolute Gasteiger partial charge is 0.350 e. The number of hydrogen-bond acceptors (Lipinski definition) is 5. The number of aromatic nitrogens is 3. The normalized spacial score (nSPS) is 11.8. The van der Waals surface area contributed by atoms with Gasteiger partial charge in [-0.1, -0.05) is 38.0 Å². The first-order chi connectivity index (χ1) is 15.6. The number of carbonyl (C=O) groups is 3. The number of nitrogens with zero attached hydrogens (tertiary/aromatic N) is 2. The van der Waals surface area contributed by atoms with Crippen LogP contribution in [-0.4, -0.2) is 38.8 Å². The van der Waals surface area contributed by atoms with Gasteiger partial charge in [-0.15, -0.1) is 0 Å². The number of carbonyl (C=O) groups excluding carboxylic acids is 3. The van der Waals surface area contributed by atoms with Crippen LogP contribution >= 0.6 is 0 Å². The Balaban J connectivity index is 1.57. The molecule has 0 saturated heterocycles. The summed E-state index contributed by atoms with van der Waals surface area (Å²) in [6, 6.07) is 9.11. The fraction of sp³-hybridized carbons (Fsp3) is 0.375. The van der Waals surface area contributed by atoms with Gasteiger partial charge in [-0.2, -0.15) is 5.10 Å². The van der Waals surface area contributed by atoms with Crippen molar-refractivity contribution in [3.8, 4) is 0 Å². The van der Waals surface area contributed by atoms with Crippen LogP contribution < -0.4 is 10.6 Å². The Morgan fingerprint density at radius 2 is 1.94 bits per heavy atom. The first-order valence-electron chi connectivity index (χ1n) is 11.0. The highest BCUT2D eigenvalue weighted by atomic mass is 16.2. The Hall–Kier alpha value is -3.55. The van der Waals surface area contributed by atoms with E-state index >= 15 is 0 Å². The molecule has 0 bridgehead atoms. The molecule has 32 heavy (non-hydrogen) atoms. The van der Waals surface area contributed by atoms with Gasteiger partial charge >= 0.3 is 0 Å². The Kier molecular flexibility index (Phi) is 8.48. The summed E-state index contributed by atoms with van der Waals surface area (Å²) in [6.45, 7) is 2.18. The van der Waals surface area contributed by atoms with Crippen molar-refractivity contribution in [2.45, 2.75) is 58.0 Å². The van der Waals surface area contributed by atoms with Gasteiger partial charge in [0.2, 0.25) is 5.91 Å². The van der Waals surface area contributed by atoms with Gasteiger partial charge in [0.05, 0.1) is 17.3 Å². The number of Topliss-reactive ketones (excluding diaryl/α,β-unsaturated/α-hetero) is 1. The molecule has 8 nitrogen and oxygen atoms in total. The minimum absolute atomic E-state index is 0.247. The number of ketones is 1. The molecule has 1 aromatic carbocycles. The maximum Gasteiger partial charge on any atom is 0.255 e. The molecule has 1 unspecified atom stereocenters. The number of para-hydroxylation sites is 1. The molecule has 0 spiro atoms. The molecule has 0 fully saturated rings. The molecule has 2 heterocycles. The van der Waals surface area contributed by atoms with Gasteiger partial charge in [0, 0.05) is 37.2 Å². The van der Waals surface area contributed by atoms with Crippen LogP contribution in [0.2, 0.25) is 0 Å². The van der Waals surface area contributed by atoms with Crippen LogP contribution in [0.1, 0.15) is 61.4 Å². The van der Waals surface area contributed by atoms with Crippen LogP contribution in [0.15, 0.2) is 48.9 Å². The first kappa shape index (κ1) is 23.1. The van der Waals surface area contributed by atoms with Crippen LogP contribution in [0.3, 0.4) is 0 Å². The maximum absolute atomic E-state index is 12.9. The lowest BCUT2D eigenvalue weighted by molar-refractivity contribution is -0.123. The highest BCUT2D eigenvalue weighted by molar-refractivity contribution is 5.97. The number of unbranched alkanes of at least 4 members (excludes halogenated alkanes) is 2. The minimum Gasteiger partial charge on any atom is -0.350 e. The maximum atomic E-state index is 12.9. The van der Waals surface area contributed by atoms with Crippen LogP contribution in [-0.2, 0) is 16.1 Å². The van der Waals surface area contributed by atoms with Crippen molar-refractivity contribution in [2.24, 2.45) is 0 Å². The smallest absolute Gasteiger partial charge is 0.255 e. The molecule has 168 valence electrons. The van der Waals surface area contributed by atoms with E-state index in [1.54, 1.807) is 6.20 Å². The number of pyridine rings is 1. The lowest BCUT2D eigenvalue weighted by atomic mass is 10.0. The Labute approximate surface area is 187 Å². The summed E-state index contributed by atoms with van der Waals surface area (Å²) in [4.78, 5) is 41.2. The van der Waals surface area contributed by atoms with Crippen LogP contribution in [0.4, 0.5) is 0 Å². The number of H-pyrrole nitrogens is 1. The third kappa shape index (κ3) is 6.73. The van der Waals surface area contributed by atoms with Gasteiger partial charge in [-0.05, 0) is 30.5 Å². The average molecular weight is 436 g/mol. The molecule has 1 atom stereocenters. The van der Waals surface area contributed by atoms with Gasteiger partial charge in [-0.25, -0.2) is 0 Å². The van der Waals surface area contributed by atoms with Crippen molar-refractivity contribution >= 4 is 28.5 Å². The Morgan fingerprint density at radius 3 is 2.72 bits per heavy atom. The van der Waals surface area contributed by atoms with E-state index in [1.165, 1.54) is 12.4 Å². The summed E-state index contributed by atoms with van der Waals surface area (Å²) in [5.74, 6) is -0.358. The van der Waals surface area contributed by atoms with Crippen molar-refractivity contribution in [1.29, 1.82) is 0 Å². The predicted octanol–water partition coefficient (Wildman–Crippen LogP) is 3.30. The number of hydrogen-bond donors (Lipinski definition) is 3. The highest BCUT2D eigenvalue weighted by Crippen LogP contribution is 2.13. The van der Waals surface area contributed by atoms with Crippen molar-refractivity contribution < 1.29 is 14.4 Å². The molecule has 0 radical (unpaired) electrons. The molecule has 2 amide bonds. The fourth-order valence-electron chi connectivity index (χ4n) is 3.44. The second-order valence-corrected chi connectivity index (χ2v) is 7.76. The molecule has 0 aliphatic heterocycles. The lowest BCUT2D eigenvalue weighted by Gasteiger charge is -2.18. The second-order valence-electron chi connectivity index (χ2n) is 7.76. The molecule has 3 aromatic rings. The first-order valence-corrected chi connectivity index (χ1v) is 11.0. The summed E-state index contributed by atoms with van der Waals surface area (Å²) in [5.41, 5.74) is 2.15. The summed E-state index contributed by atoms with van der Waals surface area (Å²) >= 11 is 0. The van der Waals surface area contributed by atoms with Crippen LogP contribution in [0.25, 0.3) is 10.9 Å². The van der Waals surface area contributed by atoms with Gasteiger partial charge in [0.15, 0.2) is 0 Å². The van der Waals surface area contributed by atoms with E-state index in [0.717, 1.165) is 35.7 Å². The lowest BCUT2D eigenvalue weighted by Crippen LogP contribution is -2.46. The van der Waals surface area contributed by atoms with E-state index < -0.39 is 6.04 Å². The topological polar surface area (TPSA) is 117 Å². The molecule has 0 aliphatic rings. The van der Waals surface area contributed by atoms with Gasteiger partial charge in [0.25, 0.3) is 5.91 Å². The second kappa shape index (κ2) is 11.7. The number of rotatable bonds is 12. The summed E-state index contributed by atoms with van der Waals surface area (Å²) in [5, 5.41) is 13.1. The van der Waals surface area contributed by atoms with Gasteiger partial charge < -0.3 is 10.6 Å². The summed E-state index contributed by atoms with van der Waals surface area (Å²) in [6.07, 6.45) is 8.60. The molecule has 3 N–H and O–H groups in total. The molecule has 3 rings (SSSR count). The van der Waals surface area contributed by atoms with Crippen molar-refractivity contribution in [2.75, 3.05) is 0 Å². The zero-order valence-corrected chi connectivity index (χ0v) is 18.3. The van der Waals surface area contributed by atoms with Crippen molar-refractivity contribution in [1.82, 2.24) is 25.8 Å². The highest BCUT2D eigenvalue weighted by Gasteiger charge is 2.21. The van der Waals surface area contributed by atoms with Gasteiger partial charge in [-0.3, -0.25) is 24.5 Å². The molecule has 0 aliphatic carbocycles. The number of nitrogens with one attached hydrogen (secondary N) is 3. The average Bonchev–Trinajstić information content (AvgIpc) is 3.36. The standard InChI is InChI=1S/C24H29N5O3/c1-2-20(30)9-4-3-5-11-22(29-23(31)19-15-27-28-16-19)24(32)26-14-17-12-18-8-6-7-10-21(18)25-13-17/h6-8,10,12-13,15-16,22H,2-5,9,11,14H2,1H3,(H,26,32)(H,27,28)(H,29,31). The fourth-order valence-corrected chi connectivity index (χ4v) is 3.44. The molecule has 8 heteroatoms. The van der Waals surface area contributed by atoms with E-state index in [0.29, 0.717) is 31.4 Å². The third-order valence-electron chi connectivity index (χ3n) is 5.34. The molecule has 0 saturated carbocycles. The summed E-state index contributed by atoms with van der Waals surface area (Å²) < 4.78 is 0. The predicted molar refractivity (Wildman–Crippen MR) is 122 cm³/mol. The van der Waals surface area contributed by atoms with E-state index in [2.05, 4.69) is 25.8 Å². The summed E-state index contributed by atoms with van der Waals surface area (Å²) in [7, 11) is 0. The molecule has 2 aromatic heterocycles. The van der Waals surface area contributed by atoms with Crippen LogP contribution in [0, 0.1) is 0 Å². The van der Waals surface area contributed by atoms with E-state index in [-0.39, 0.29) is 17.6 Å². The Bertz CT molecular complexity index is 1050. The SMILES string of the molecule is CCC(=O)CCCCCC(NC(=O)c1cn[nH]c1)C(=O)NCc1cnc2ccccc2c1. The quantitative estimate of drug-likeness (QED) is 0.377. The minimum atomic E-state index is -0.673. The number of amides is 2. The van der Waals surface area contributed by atoms with E-state index in [4.69, 9.17) is 0 Å². The van der Waals surface area contributed by atoms with Crippen molar-refractivity contribution in [3.63, 3.8) is 0 Å². The Morgan fingerprint density at radius 1 is 1.09 bits per heavy atom. The number of benzene rings is 1. The third-order valence-corrected chi connectivity index (χ3v) is 5.34. The van der Waals surface area contributed by atoms with Crippen LogP contribution in [0.5, 0.6) is 0 Å². The monoisotopic (exact) mass is 435 g/mol. The van der Waals surface area contributed by atoms with E-state index in [9.17, 15) is 14.4 Å². The molecular weight excluding hydrogens is 406 g/mol.